The van der Waals surface area contributed by atoms with Crippen molar-refractivity contribution in [3.63, 3.8) is 0 Å². The third-order valence-electron chi connectivity index (χ3n) is 2.89. The monoisotopic (exact) mass is 385 g/mol. The van der Waals surface area contributed by atoms with Crippen molar-refractivity contribution in [3.8, 4) is 0 Å². The van der Waals surface area contributed by atoms with Crippen molar-refractivity contribution in [1.82, 2.24) is 4.98 Å². The summed E-state index contributed by atoms with van der Waals surface area (Å²) in [4.78, 5) is 16.0. The van der Waals surface area contributed by atoms with E-state index in [0.29, 0.717) is 17.1 Å². The highest BCUT2D eigenvalue weighted by atomic mass is 127. The number of carbonyl (C=O) groups excluding carboxylic acids is 1. The van der Waals surface area contributed by atoms with Crippen molar-refractivity contribution >= 4 is 40.0 Å². The first kappa shape index (κ1) is 14.5. The Labute approximate surface area is 131 Å². The van der Waals surface area contributed by atoms with E-state index in [1.54, 1.807) is 6.92 Å². The van der Waals surface area contributed by atoms with Gasteiger partial charge in [0.25, 0.3) is 0 Å². The van der Waals surface area contributed by atoms with Crippen LogP contribution in [0.5, 0.6) is 0 Å². The molecule has 0 atom stereocenters. The van der Waals surface area contributed by atoms with Crippen LogP contribution in [0.4, 0.5) is 0 Å². The van der Waals surface area contributed by atoms with Crippen molar-refractivity contribution < 1.29 is 4.79 Å². The molecule has 0 spiro atoms. The largest absolute Gasteiger partial charge is 0.294 e. The van der Waals surface area contributed by atoms with Crippen LogP contribution in [0.2, 0.25) is 5.15 Å². The van der Waals surface area contributed by atoms with Crippen LogP contribution in [-0.4, -0.2) is 10.8 Å². The summed E-state index contributed by atoms with van der Waals surface area (Å²) in [6.07, 6.45) is 0.617. The minimum atomic E-state index is 0.0211. The molecule has 0 aliphatic carbocycles. The predicted octanol–water partition coefficient (Wildman–Crippen LogP) is 4.44. The lowest BCUT2D eigenvalue weighted by Gasteiger charge is -2.09. The fraction of sp³-hybridized carbons (Fsp3) is 0.200. The number of aryl methyl sites for hydroxylation is 1. The van der Waals surface area contributed by atoms with Crippen molar-refractivity contribution in [2.24, 2.45) is 0 Å². The summed E-state index contributed by atoms with van der Waals surface area (Å²) in [5, 5.41) is 0.463. The molecule has 19 heavy (non-hydrogen) atoms. The number of carbonyl (C=O) groups is 1. The van der Waals surface area contributed by atoms with Crippen LogP contribution in [0.1, 0.15) is 34.1 Å². The van der Waals surface area contributed by atoms with Gasteiger partial charge < -0.3 is 0 Å². The smallest absolute Gasteiger partial charge is 0.161 e. The SMILES string of the molecule is CC(=O)c1cc(C)c(Cl)nc1Cc1ccc(I)cc1. The molecular formula is C15H13ClINO. The fourth-order valence-corrected chi connectivity index (χ4v) is 2.38. The molecule has 1 aromatic carbocycles. The standard InChI is InChI=1S/C15H13ClINO/c1-9-7-13(10(2)19)14(18-15(9)16)8-11-3-5-12(17)6-4-11/h3-7H,8H2,1-2H3. The molecule has 2 aromatic rings. The Balaban J connectivity index is 2.41. The van der Waals surface area contributed by atoms with E-state index in [4.69, 9.17) is 11.6 Å². The van der Waals surface area contributed by atoms with Crippen LogP contribution in [0, 0.1) is 10.5 Å². The molecule has 0 aliphatic heterocycles. The molecule has 98 valence electrons. The molecule has 0 saturated carbocycles. The predicted molar refractivity (Wildman–Crippen MR) is 86.0 cm³/mol. The van der Waals surface area contributed by atoms with Gasteiger partial charge in [-0.1, -0.05) is 23.7 Å². The summed E-state index contributed by atoms with van der Waals surface area (Å²) in [5.74, 6) is 0.0211. The maximum absolute atomic E-state index is 11.7. The topological polar surface area (TPSA) is 30.0 Å². The number of benzene rings is 1. The summed E-state index contributed by atoms with van der Waals surface area (Å²) in [6, 6.07) is 9.99. The van der Waals surface area contributed by atoms with Crippen LogP contribution in [0.25, 0.3) is 0 Å². The number of pyridine rings is 1. The van der Waals surface area contributed by atoms with Gasteiger partial charge in [0.05, 0.1) is 5.69 Å². The molecular weight excluding hydrogens is 373 g/mol. The van der Waals surface area contributed by atoms with Gasteiger partial charge in [-0.3, -0.25) is 4.79 Å². The van der Waals surface area contributed by atoms with Crippen LogP contribution in [0.3, 0.4) is 0 Å². The normalized spacial score (nSPS) is 10.5. The average Bonchev–Trinajstić information content (AvgIpc) is 2.36. The first-order valence-corrected chi connectivity index (χ1v) is 7.34. The second-order valence-electron chi connectivity index (χ2n) is 4.45. The van der Waals surface area contributed by atoms with E-state index < -0.39 is 0 Å². The Morgan fingerprint density at radius 3 is 2.53 bits per heavy atom. The second-order valence-corrected chi connectivity index (χ2v) is 6.05. The molecule has 0 N–H and O–H groups in total. The molecule has 0 aliphatic rings. The van der Waals surface area contributed by atoms with Crippen molar-refractivity contribution in [2.45, 2.75) is 20.3 Å². The minimum absolute atomic E-state index is 0.0211. The molecule has 0 amide bonds. The number of hydrogen-bond acceptors (Lipinski definition) is 2. The summed E-state index contributed by atoms with van der Waals surface area (Å²) in [6.45, 7) is 3.41. The van der Waals surface area contributed by atoms with Crippen molar-refractivity contribution in [2.75, 3.05) is 0 Å². The highest BCUT2D eigenvalue weighted by molar-refractivity contribution is 14.1. The summed E-state index contributed by atoms with van der Waals surface area (Å²) in [7, 11) is 0. The number of hydrogen-bond donors (Lipinski definition) is 0. The van der Waals surface area contributed by atoms with Crippen LogP contribution in [0.15, 0.2) is 30.3 Å². The lowest BCUT2D eigenvalue weighted by molar-refractivity contribution is 0.101. The average molecular weight is 386 g/mol. The molecule has 2 nitrogen and oxygen atoms in total. The molecule has 2 rings (SSSR count). The zero-order valence-corrected chi connectivity index (χ0v) is 13.6. The van der Waals surface area contributed by atoms with Gasteiger partial charge in [-0.2, -0.15) is 0 Å². The van der Waals surface area contributed by atoms with Crippen molar-refractivity contribution in [3.05, 3.63) is 61.4 Å². The highest BCUT2D eigenvalue weighted by Gasteiger charge is 2.12. The van der Waals surface area contributed by atoms with E-state index in [0.717, 1.165) is 16.8 Å². The Bertz CT molecular complexity index is 623. The summed E-state index contributed by atoms with van der Waals surface area (Å²) in [5.41, 5.74) is 3.35. The fourth-order valence-electron chi connectivity index (χ4n) is 1.86. The van der Waals surface area contributed by atoms with Gasteiger partial charge in [0.15, 0.2) is 5.78 Å². The quantitative estimate of drug-likeness (QED) is 0.444. The Hall–Kier alpha value is -0.940. The number of ketones is 1. The second kappa shape index (κ2) is 6.01. The molecule has 1 aromatic heterocycles. The van der Waals surface area contributed by atoms with Crippen LogP contribution >= 0.6 is 34.2 Å². The first-order chi connectivity index (χ1) is 8.97. The van der Waals surface area contributed by atoms with Gasteiger partial charge in [0.2, 0.25) is 0 Å². The Morgan fingerprint density at radius 2 is 1.95 bits per heavy atom. The maximum Gasteiger partial charge on any atom is 0.161 e. The van der Waals surface area contributed by atoms with E-state index in [2.05, 4.69) is 27.6 Å². The van der Waals surface area contributed by atoms with E-state index in [1.807, 2.05) is 37.3 Å². The van der Waals surface area contributed by atoms with Gasteiger partial charge in [-0.15, -0.1) is 0 Å². The third kappa shape index (κ3) is 3.54. The van der Waals surface area contributed by atoms with Crippen LogP contribution in [-0.2, 0) is 6.42 Å². The molecule has 4 heteroatoms. The molecule has 0 fully saturated rings. The van der Waals surface area contributed by atoms with Crippen LogP contribution < -0.4 is 0 Å². The maximum atomic E-state index is 11.7. The lowest BCUT2D eigenvalue weighted by Crippen LogP contribution is -2.05. The van der Waals surface area contributed by atoms with Gasteiger partial charge in [-0.25, -0.2) is 4.98 Å². The summed E-state index contributed by atoms with van der Waals surface area (Å²) >= 11 is 8.32. The minimum Gasteiger partial charge on any atom is -0.294 e. The number of aromatic nitrogens is 1. The zero-order valence-electron chi connectivity index (χ0n) is 10.7. The molecule has 0 unspecified atom stereocenters. The summed E-state index contributed by atoms with van der Waals surface area (Å²) < 4.78 is 1.18. The van der Waals surface area contributed by atoms with Gasteiger partial charge in [0, 0.05) is 15.6 Å². The first-order valence-electron chi connectivity index (χ1n) is 5.89. The Kier molecular flexibility index (Phi) is 4.58. The van der Waals surface area contributed by atoms with E-state index >= 15 is 0 Å². The number of Topliss-reactive ketones (excluding diaryl/α,β-unsaturated/α-hetero) is 1. The van der Waals surface area contributed by atoms with Gasteiger partial charge >= 0.3 is 0 Å². The van der Waals surface area contributed by atoms with Gasteiger partial charge in [-0.05, 0) is 65.8 Å². The number of halogens is 2. The molecule has 0 radical (unpaired) electrons. The number of rotatable bonds is 3. The van der Waals surface area contributed by atoms with Crippen molar-refractivity contribution in [1.29, 1.82) is 0 Å². The van der Waals surface area contributed by atoms with E-state index in [9.17, 15) is 4.79 Å². The molecule has 0 bridgehead atoms. The molecule has 0 saturated heterocycles. The molecule has 1 heterocycles. The third-order valence-corrected chi connectivity index (χ3v) is 4.00. The zero-order chi connectivity index (χ0) is 14.0. The van der Waals surface area contributed by atoms with E-state index in [-0.39, 0.29) is 5.78 Å². The lowest BCUT2D eigenvalue weighted by atomic mass is 10.0. The number of nitrogens with zero attached hydrogens (tertiary/aromatic N) is 1. The highest BCUT2D eigenvalue weighted by Crippen LogP contribution is 2.20. The van der Waals surface area contributed by atoms with Gasteiger partial charge in [0.1, 0.15) is 5.15 Å². The Morgan fingerprint density at radius 1 is 1.32 bits per heavy atom. The van der Waals surface area contributed by atoms with E-state index in [1.165, 1.54) is 3.57 Å².